The lowest BCUT2D eigenvalue weighted by atomic mass is 9.96. The Hall–Kier alpha value is -4.90. The Morgan fingerprint density at radius 1 is 1.04 bits per heavy atom. The minimum absolute atomic E-state index is 0.0117. The smallest absolute Gasteiger partial charge is 0.259 e. The van der Waals surface area contributed by atoms with E-state index in [4.69, 9.17) is 4.74 Å². The van der Waals surface area contributed by atoms with Gasteiger partial charge >= 0.3 is 0 Å². The highest BCUT2D eigenvalue weighted by Gasteiger charge is 2.35. The molecule has 5 heterocycles. The van der Waals surface area contributed by atoms with Crippen molar-refractivity contribution < 1.29 is 18.7 Å². The first-order valence-corrected chi connectivity index (χ1v) is 16.4. The Balaban J connectivity index is 1.07. The minimum atomic E-state index is -0.598. The lowest BCUT2D eigenvalue weighted by molar-refractivity contribution is -0.121. The highest BCUT2D eigenvalue weighted by atomic mass is 19.1. The van der Waals surface area contributed by atoms with Crippen LogP contribution in [0.15, 0.2) is 65.6 Å². The summed E-state index contributed by atoms with van der Waals surface area (Å²) >= 11 is 0. The summed E-state index contributed by atoms with van der Waals surface area (Å²) in [5.41, 5.74) is 3.24. The number of para-hydroxylation sites is 3. The topological polar surface area (TPSA) is 99.1 Å². The van der Waals surface area contributed by atoms with Gasteiger partial charge in [-0.2, -0.15) is 0 Å². The minimum Gasteiger partial charge on any atom is -0.451 e. The first-order chi connectivity index (χ1) is 22.9. The third-order valence-electron chi connectivity index (χ3n) is 10.1. The van der Waals surface area contributed by atoms with Gasteiger partial charge in [0.1, 0.15) is 16.8 Å². The molecule has 2 N–H and O–H groups in total. The number of anilines is 2. The molecule has 47 heavy (non-hydrogen) atoms. The molecule has 242 valence electrons. The summed E-state index contributed by atoms with van der Waals surface area (Å²) in [4.78, 5) is 46.2. The molecule has 4 aliphatic rings. The SMILES string of the molecule is CN1CCN(C(=O)c2cn3c4c(c(N5CCC(NC(=O)CCC6CNc7ccccc76)C5)c(F)cc4c2=O)Oc2ccccc2-3)CC1. The van der Waals surface area contributed by atoms with Gasteiger partial charge in [-0.05, 0) is 49.7 Å². The van der Waals surface area contributed by atoms with Crippen LogP contribution >= 0.6 is 0 Å². The van der Waals surface area contributed by atoms with Gasteiger partial charge < -0.3 is 34.6 Å². The zero-order valence-electron chi connectivity index (χ0n) is 26.3. The molecular formula is C36H37FN6O4. The van der Waals surface area contributed by atoms with Crippen LogP contribution < -0.4 is 25.7 Å². The maximum Gasteiger partial charge on any atom is 0.259 e. The predicted octanol–water partition coefficient (Wildman–Crippen LogP) is 4.31. The maximum absolute atomic E-state index is 16.2. The number of likely N-dealkylation sites (N-methyl/N-ethyl adjacent to an activating group) is 1. The number of halogens is 1. The molecule has 2 fully saturated rings. The van der Waals surface area contributed by atoms with Crippen molar-refractivity contribution in [3.63, 3.8) is 0 Å². The fourth-order valence-electron chi connectivity index (χ4n) is 7.48. The van der Waals surface area contributed by atoms with E-state index >= 15 is 4.39 Å². The zero-order valence-corrected chi connectivity index (χ0v) is 26.3. The van der Waals surface area contributed by atoms with Gasteiger partial charge in [-0.1, -0.05) is 30.3 Å². The van der Waals surface area contributed by atoms with Crippen LogP contribution in [0.5, 0.6) is 11.5 Å². The molecule has 0 bridgehead atoms. The van der Waals surface area contributed by atoms with E-state index in [0.29, 0.717) is 61.9 Å². The van der Waals surface area contributed by atoms with Crippen LogP contribution in [0.2, 0.25) is 0 Å². The summed E-state index contributed by atoms with van der Waals surface area (Å²) < 4.78 is 24.4. The lowest BCUT2D eigenvalue weighted by Gasteiger charge is -2.33. The van der Waals surface area contributed by atoms with E-state index in [9.17, 15) is 14.4 Å². The zero-order chi connectivity index (χ0) is 32.2. The first kappa shape index (κ1) is 29.5. The average molecular weight is 637 g/mol. The van der Waals surface area contributed by atoms with E-state index in [1.807, 2.05) is 42.3 Å². The molecule has 3 aromatic carbocycles. The number of nitrogens with one attached hydrogen (secondary N) is 2. The number of nitrogens with zero attached hydrogens (tertiary/aromatic N) is 4. The molecule has 0 radical (unpaired) electrons. The second-order valence-corrected chi connectivity index (χ2v) is 13.0. The molecule has 0 saturated carbocycles. The van der Waals surface area contributed by atoms with Crippen LogP contribution in [-0.4, -0.2) is 85.1 Å². The van der Waals surface area contributed by atoms with Crippen molar-refractivity contribution in [1.29, 1.82) is 0 Å². The van der Waals surface area contributed by atoms with Gasteiger partial charge in [0.2, 0.25) is 11.3 Å². The van der Waals surface area contributed by atoms with Crippen molar-refractivity contribution in [2.75, 3.05) is 63.1 Å². The van der Waals surface area contributed by atoms with E-state index in [2.05, 4.69) is 27.7 Å². The molecule has 11 heteroatoms. The number of pyridine rings is 1. The van der Waals surface area contributed by atoms with Gasteiger partial charge in [-0.25, -0.2) is 4.39 Å². The number of hydrogen-bond acceptors (Lipinski definition) is 7. The van der Waals surface area contributed by atoms with Crippen molar-refractivity contribution in [2.24, 2.45) is 0 Å². The van der Waals surface area contributed by atoms with Gasteiger partial charge in [0.25, 0.3) is 5.91 Å². The van der Waals surface area contributed by atoms with E-state index in [1.54, 1.807) is 21.7 Å². The molecule has 2 amide bonds. The fraction of sp³-hybridized carbons (Fsp3) is 0.361. The number of fused-ring (bicyclic) bond motifs is 3. The summed E-state index contributed by atoms with van der Waals surface area (Å²) in [6.45, 7) is 4.21. The number of rotatable bonds is 6. The Labute approximate surface area is 271 Å². The number of piperazine rings is 1. The van der Waals surface area contributed by atoms with Crippen LogP contribution in [0.4, 0.5) is 15.8 Å². The molecule has 4 aromatic rings. The monoisotopic (exact) mass is 636 g/mol. The summed E-state index contributed by atoms with van der Waals surface area (Å²) in [5, 5.41) is 6.68. The van der Waals surface area contributed by atoms with Crippen LogP contribution in [0, 0.1) is 5.82 Å². The number of carbonyl (C=O) groups excluding carboxylic acids is 2. The van der Waals surface area contributed by atoms with E-state index in [-0.39, 0.29) is 40.2 Å². The van der Waals surface area contributed by atoms with Crippen LogP contribution in [-0.2, 0) is 4.79 Å². The molecule has 2 atom stereocenters. The summed E-state index contributed by atoms with van der Waals surface area (Å²) in [6.07, 6.45) is 3.40. The highest BCUT2D eigenvalue weighted by molar-refractivity contribution is 6.01. The van der Waals surface area contributed by atoms with Crippen LogP contribution in [0.25, 0.3) is 16.6 Å². The number of benzene rings is 3. The molecule has 0 spiro atoms. The number of aromatic nitrogens is 1. The Kier molecular flexibility index (Phi) is 7.35. The van der Waals surface area contributed by atoms with Gasteiger partial charge in [-0.3, -0.25) is 14.4 Å². The Bertz CT molecular complexity index is 1970. The molecule has 2 unspecified atom stereocenters. The predicted molar refractivity (Wildman–Crippen MR) is 179 cm³/mol. The second kappa shape index (κ2) is 11.7. The molecule has 2 saturated heterocycles. The summed E-state index contributed by atoms with van der Waals surface area (Å²) in [6, 6.07) is 16.7. The van der Waals surface area contributed by atoms with E-state index < -0.39 is 11.2 Å². The lowest BCUT2D eigenvalue weighted by Crippen LogP contribution is -2.48. The average Bonchev–Trinajstić information content (AvgIpc) is 3.71. The summed E-state index contributed by atoms with van der Waals surface area (Å²) in [5.74, 6) is 0.0786. The second-order valence-electron chi connectivity index (χ2n) is 13.0. The van der Waals surface area contributed by atoms with Crippen molar-refractivity contribution in [3.8, 4) is 17.2 Å². The number of carbonyl (C=O) groups is 2. The maximum atomic E-state index is 16.2. The molecule has 10 nitrogen and oxygen atoms in total. The third kappa shape index (κ3) is 5.18. The quantitative estimate of drug-likeness (QED) is 0.287. The van der Waals surface area contributed by atoms with Crippen molar-refractivity contribution >= 4 is 34.1 Å². The van der Waals surface area contributed by atoms with Gasteiger partial charge in [0.15, 0.2) is 17.3 Å². The molecule has 8 rings (SSSR count). The molecule has 1 aromatic heterocycles. The number of ether oxygens (including phenoxy) is 1. The molecular weight excluding hydrogens is 599 g/mol. The van der Waals surface area contributed by atoms with Gasteiger partial charge in [0, 0.05) is 76.1 Å². The normalized spacial score (nSPS) is 20.0. The van der Waals surface area contributed by atoms with Crippen LogP contribution in [0.3, 0.4) is 0 Å². The molecule has 0 aliphatic carbocycles. The fourth-order valence-corrected chi connectivity index (χ4v) is 7.48. The standard InChI is InChI=1S/C36H37FN6O4/c1-40-14-16-41(17-15-40)36(46)26-21-43-29-8-4-5-9-30(29)47-35-32(43)25(34(26)45)18-27(37)33(35)42-13-12-23(20-42)39-31(44)11-10-22-19-38-28-7-3-2-6-24(22)28/h2-9,18,21-23,38H,10-17,19-20H2,1H3,(H,39,44). The van der Waals surface area contributed by atoms with Crippen molar-refractivity contribution in [3.05, 3.63) is 88.0 Å². The highest BCUT2D eigenvalue weighted by Crippen LogP contribution is 2.47. The van der Waals surface area contributed by atoms with Crippen molar-refractivity contribution in [1.82, 2.24) is 19.7 Å². The Morgan fingerprint density at radius 3 is 2.68 bits per heavy atom. The number of amides is 2. The summed E-state index contributed by atoms with van der Waals surface area (Å²) in [7, 11) is 2.00. The van der Waals surface area contributed by atoms with E-state index in [0.717, 1.165) is 31.7 Å². The van der Waals surface area contributed by atoms with E-state index in [1.165, 1.54) is 11.6 Å². The van der Waals surface area contributed by atoms with Crippen LogP contribution in [0.1, 0.15) is 41.1 Å². The third-order valence-corrected chi connectivity index (χ3v) is 10.1. The largest absolute Gasteiger partial charge is 0.451 e. The Morgan fingerprint density at radius 2 is 1.83 bits per heavy atom. The first-order valence-electron chi connectivity index (χ1n) is 16.4. The number of hydrogen-bond donors (Lipinski definition) is 2. The molecule has 4 aliphatic heterocycles. The van der Waals surface area contributed by atoms with Gasteiger partial charge in [-0.15, -0.1) is 0 Å². The van der Waals surface area contributed by atoms with Gasteiger partial charge in [0.05, 0.1) is 11.1 Å². The van der Waals surface area contributed by atoms with Crippen molar-refractivity contribution in [2.45, 2.75) is 31.2 Å².